The van der Waals surface area contributed by atoms with Crippen LogP contribution in [0.25, 0.3) is 0 Å². The zero-order valence-corrected chi connectivity index (χ0v) is 12.8. The normalized spacial score (nSPS) is 21.1. The second-order valence-electron chi connectivity index (χ2n) is 5.37. The molecule has 0 amide bonds. The van der Waals surface area contributed by atoms with Gasteiger partial charge in [0.05, 0.1) is 0 Å². The molecule has 1 aromatic carbocycles. The molecule has 0 fully saturated rings. The van der Waals surface area contributed by atoms with Gasteiger partial charge in [-0.1, -0.05) is 0 Å². The molecule has 0 heterocycles. The van der Waals surface area contributed by atoms with Crippen LogP contribution >= 0.6 is 0 Å². The van der Waals surface area contributed by atoms with Crippen LogP contribution in [0.15, 0.2) is 40.4 Å². The van der Waals surface area contributed by atoms with E-state index >= 15 is 0 Å². The van der Waals surface area contributed by atoms with Crippen molar-refractivity contribution < 1.29 is 0 Å². The predicted molar refractivity (Wildman–Crippen MR) is 76.7 cm³/mol. The number of benzene rings is 1. The van der Waals surface area contributed by atoms with Gasteiger partial charge in [-0.25, -0.2) is 0 Å². The van der Waals surface area contributed by atoms with Crippen LogP contribution in [0.1, 0.15) is 40.0 Å². The van der Waals surface area contributed by atoms with Crippen molar-refractivity contribution in [2.75, 3.05) is 0 Å². The second-order valence-corrected chi connectivity index (χ2v) is 7.82. The van der Waals surface area contributed by atoms with E-state index in [4.69, 9.17) is 0 Å². The summed E-state index contributed by atoms with van der Waals surface area (Å²) < 4.78 is 3.31. The first kappa shape index (κ1) is 12.9. The van der Waals surface area contributed by atoms with E-state index in [1.807, 2.05) is 0 Å². The Balaban J connectivity index is 2.20. The van der Waals surface area contributed by atoms with Crippen LogP contribution in [0.4, 0.5) is 0 Å². The van der Waals surface area contributed by atoms with E-state index < -0.39 is 0 Å². The fraction of sp³-hybridized carbons (Fsp3) is 0.500. The number of hydrogen-bond acceptors (Lipinski definition) is 0. The third kappa shape index (κ3) is 3.47. The Morgan fingerprint density at radius 3 is 2.53 bits per heavy atom. The van der Waals surface area contributed by atoms with Gasteiger partial charge in [0.15, 0.2) is 0 Å². The molecule has 1 atom stereocenters. The topological polar surface area (TPSA) is 0 Å². The quantitative estimate of drug-likeness (QED) is 0.745. The van der Waals surface area contributed by atoms with Crippen LogP contribution in [-0.2, 0) is 0 Å². The van der Waals surface area contributed by atoms with E-state index in [9.17, 15) is 0 Å². The summed E-state index contributed by atoms with van der Waals surface area (Å²) in [5, 5.41) is 0. The fourth-order valence-electron chi connectivity index (χ4n) is 2.44. The van der Waals surface area contributed by atoms with E-state index in [2.05, 4.69) is 51.1 Å². The Bertz CT molecular complexity index is 389. The van der Waals surface area contributed by atoms with Crippen molar-refractivity contribution in [3.63, 3.8) is 0 Å². The van der Waals surface area contributed by atoms with E-state index in [1.54, 1.807) is 10.0 Å². The van der Waals surface area contributed by atoms with Gasteiger partial charge < -0.3 is 0 Å². The molecule has 2 rings (SSSR count). The molecule has 1 aromatic rings. The minimum atomic E-state index is 0.551. The summed E-state index contributed by atoms with van der Waals surface area (Å²) >= 11 is 0.551. The molecule has 92 valence electrons. The summed E-state index contributed by atoms with van der Waals surface area (Å²) in [5.74, 6) is 1.63. The van der Waals surface area contributed by atoms with Crippen LogP contribution < -0.4 is 4.46 Å². The van der Waals surface area contributed by atoms with Crippen molar-refractivity contribution in [1.82, 2.24) is 0 Å². The molecule has 1 aliphatic rings. The van der Waals surface area contributed by atoms with Crippen LogP contribution in [-0.4, -0.2) is 15.0 Å². The van der Waals surface area contributed by atoms with Gasteiger partial charge in [-0.15, -0.1) is 0 Å². The molecule has 17 heavy (non-hydrogen) atoms. The summed E-state index contributed by atoms with van der Waals surface area (Å²) in [4.78, 5) is 0. The molecule has 0 spiro atoms. The van der Waals surface area contributed by atoms with E-state index in [0.29, 0.717) is 15.0 Å². The molecular weight excluding hydrogens is 271 g/mol. The van der Waals surface area contributed by atoms with Gasteiger partial charge in [0, 0.05) is 0 Å². The van der Waals surface area contributed by atoms with Crippen molar-refractivity contribution in [3.05, 3.63) is 40.4 Å². The van der Waals surface area contributed by atoms with Crippen LogP contribution in [0.3, 0.4) is 0 Å². The molecule has 1 unspecified atom stereocenters. The molecule has 0 saturated carbocycles. The predicted octanol–water partition coefficient (Wildman–Crippen LogP) is 3.75. The molecule has 0 N–H and O–H groups in total. The molecule has 1 heteroatoms. The van der Waals surface area contributed by atoms with Gasteiger partial charge in [-0.05, 0) is 0 Å². The molecule has 0 saturated heterocycles. The second kappa shape index (κ2) is 5.89. The monoisotopic (exact) mass is 294 g/mol. The van der Waals surface area contributed by atoms with Gasteiger partial charge in [0.1, 0.15) is 0 Å². The zero-order chi connectivity index (χ0) is 12.3. The SMILES string of the molecule is CC1CCC(C(C)C)=C([Se]c2ccccc2)C1. The zero-order valence-electron chi connectivity index (χ0n) is 11.1. The van der Waals surface area contributed by atoms with E-state index in [-0.39, 0.29) is 0 Å². The first-order valence-electron chi connectivity index (χ1n) is 6.61. The molecule has 0 nitrogen and oxygen atoms in total. The Morgan fingerprint density at radius 2 is 1.88 bits per heavy atom. The number of allylic oxidation sites excluding steroid dienone is 2. The average Bonchev–Trinajstić information content (AvgIpc) is 2.30. The summed E-state index contributed by atoms with van der Waals surface area (Å²) in [7, 11) is 0. The number of rotatable bonds is 3. The van der Waals surface area contributed by atoms with Crippen molar-refractivity contribution >= 4 is 19.4 Å². The maximum atomic E-state index is 2.40. The van der Waals surface area contributed by atoms with Gasteiger partial charge in [-0.2, -0.15) is 0 Å². The fourth-order valence-corrected chi connectivity index (χ4v) is 5.41. The minimum absolute atomic E-state index is 0.551. The third-order valence-electron chi connectivity index (χ3n) is 3.48. The Hall–Kier alpha value is -0.521. The summed E-state index contributed by atoms with van der Waals surface area (Å²) in [6, 6.07) is 11.0. The van der Waals surface area contributed by atoms with Crippen LogP contribution in [0.2, 0.25) is 0 Å². The van der Waals surface area contributed by atoms with Crippen molar-refractivity contribution in [2.45, 2.75) is 40.0 Å². The maximum absolute atomic E-state index is 2.40. The Labute approximate surface area is 112 Å². The average molecular weight is 293 g/mol. The first-order chi connectivity index (χ1) is 8.16. The summed E-state index contributed by atoms with van der Waals surface area (Å²) in [6.45, 7) is 7.11. The van der Waals surface area contributed by atoms with Gasteiger partial charge in [-0.3, -0.25) is 0 Å². The van der Waals surface area contributed by atoms with E-state index in [1.165, 1.54) is 23.7 Å². The molecule has 0 radical (unpaired) electrons. The Morgan fingerprint density at radius 1 is 1.18 bits per heavy atom. The first-order valence-corrected chi connectivity index (χ1v) is 8.33. The van der Waals surface area contributed by atoms with Gasteiger partial charge in [0.2, 0.25) is 0 Å². The van der Waals surface area contributed by atoms with Crippen molar-refractivity contribution in [1.29, 1.82) is 0 Å². The van der Waals surface area contributed by atoms with E-state index in [0.717, 1.165) is 11.8 Å². The summed E-state index contributed by atoms with van der Waals surface area (Å²) in [5.41, 5.74) is 1.76. The molecule has 0 bridgehead atoms. The number of hydrogen-bond donors (Lipinski definition) is 0. The standard InChI is InChI=1S/C16H22Se/c1-12(2)15-10-9-13(3)11-16(15)17-14-7-5-4-6-8-14/h4-8,12-13H,9-11H2,1-3H3. The van der Waals surface area contributed by atoms with Crippen molar-refractivity contribution in [3.8, 4) is 0 Å². The summed E-state index contributed by atoms with van der Waals surface area (Å²) in [6.07, 6.45) is 4.06. The van der Waals surface area contributed by atoms with Gasteiger partial charge in [0.25, 0.3) is 0 Å². The third-order valence-corrected chi connectivity index (χ3v) is 5.96. The Kier molecular flexibility index (Phi) is 4.48. The molecule has 0 aliphatic heterocycles. The van der Waals surface area contributed by atoms with Crippen LogP contribution in [0.5, 0.6) is 0 Å². The van der Waals surface area contributed by atoms with Gasteiger partial charge >= 0.3 is 112 Å². The molecular formula is C16H22Se. The van der Waals surface area contributed by atoms with Crippen molar-refractivity contribution in [2.24, 2.45) is 11.8 Å². The molecule has 1 aliphatic carbocycles. The molecule has 0 aromatic heterocycles. The van der Waals surface area contributed by atoms with Crippen LogP contribution in [0, 0.1) is 11.8 Å².